The lowest BCUT2D eigenvalue weighted by Gasteiger charge is -2.19. The Morgan fingerprint density at radius 3 is 2.62 bits per heavy atom. The highest BCUT2D eigenvalue weighted by Crippen LogP contribution is 2.28. The van der Waals surface area contributed by atoms with Crippen molar-refractivity contribution >= 4 is 44.5 Å². The van der Waals surface area contributed by atoms with Crippen molar-refractivity contribution in [3.63, 3.8) is 0 Å². The van der Waals surface area contributed by atoms with Gasteiger partial charge < -0.3 is 10.5 Å². The van der Waals surface area contributed by atoms with E-state index >= 15 is 0 Å². The van der Waals surface area contributed by atoms with Crippen LogP contribution in [0.4, 0.5) is 5.00 Å². The van der Waals surface area contributed by atoms with Crippen LogP contribution in [0.3, 0.4) is 0 Å². The fourth-order valence-electron chi connectivity index (χ4n) is 2.11. The molecule has 7 nitrogen and oxygen atoms in total. The summed E-state index contributed by atoms with van der Waals surface area (Å²) in [6.45, 7) is 12.6. The number of nitrogen functional groups attached to an aromatic ring is 1. The molecule has 0 fully saturated rings. The molecule has 2 rings (SSSR count). The molecule has 8 heteroatoms. The molecule has 0 bridgehead atoms. The van der Waals surface area contributed by atoms with E-state index in [2.05, 4.69) is 16.7 Å². The van der Waals surface area contributed by atoms with E-state index in [1.807, 2.05) is 13.8 Å². The zero-order valence-corrected chi connectivity index (χ0v) is 16.3. The maximum absolute atomic E-state index is 12.9. The number of aliphatic imine (C=N–C) groups is 1. The molecule has 0 spiro atoms. The molecular weight excluding hydrogens is 352 g/mol. The summed E-state index contributed by atoms with van der Waals surface area (Å²) in [5.74, 6) is -0.632. The monoisotopic (exact) mass is 374 g/mol. The van der Waals surface area contributed by atoms with Crippen molar-refractivity contribution < 1.29 is 9.53 Å². The number of hydrogen-bond acceptors (Lipinski definition) is 7. The first-order chi connectivity index (χ1) is 12.0. The van der Waals surface area contributed by atoms with Crippen LogP contribution in [0.5, 0.6) is 0 Å². The maximum atomic E-state index is 12.9. The van der Waals surface area contributed by atoms with Gasteiger partial charge in [0.1, 0.15) is 5.60 Å². The van der Waals surface area contributed by atoms with E-state index in [-0.39, 0.29) is 11.1 Å². The molecule has 0 aliphatic heterocycles. The van der Waals surface area contributed by atoms with E-state index in [4.69, 9.17) is 10.5 Å². The number of hydrogen-bond donors (Lipinski definition) is 1. The van der Waals surface area contributed by atoms with Crippen molar-refractivity contribution in [1.82, 2.24) is 9.78 Å². The van der Waals surface area contributed by atoms with Gasteiger partial charge in [0.25, 0.3) is 5.56 Å². The Morgan fingerprint density at radius 1 is 1.42 bits per heavy atom. The van der Waals surface area contributed by atoms with Gasteiger partial charge in [0, 0.05) is 16.5 Å². The summed E-state index contributed by atoms with van der Waals surface area (Å²) in [4.78, 5) is 29.6. The van der Waals surface area contributed by atoms with Crippen LogP contribution < -0.4 is 11.3 Å². The van der Waals surface area contributed by atoms with E-state index in [0.717, 1.165) is 10.4 Å². The average Bonchev–Trinajstić information content (AvgIpc) is 2.90. The molecule has 2 N–H and O–H groups in total. The zero-order valence-electron chi connectivity index (χ0n) is 15.5. The number of allylic oxidation sites excluding steroid dienone is 2. The Hall–Kier alpha value is -2.74. The zero-order chi connectivity index (χ0) is 19.6. The van der Waals surface area contributed by atoms with Crippen LogP contribution in [0.2, 0.25) is 0 Å². The molecule has 0 aliphatic rings. The highest BCUT2D eigenvalue weighted by atomic mass is 32.1. The number of esters is 1. The van der Waals surface area contributed by atoms with Gasteiger partial charge in [-0.3, -0.25) is 9.79 Å². The highest BCUT2D eigenvalue weighted by Gasteiger charge is 2.25. The quantitative estimate of drug-likeness (QED) is 0.502. The van der Waals surface area contributed by atoms with E-state index in [9.17, 15) is 9.59 Å². The summed E-state index contributed by atoms with van der Waals surface area (Å²) in [5.41, 5.74) is 5.96. The standard InChI is InChI=1S/C18H22N4O3S/c1-7-11(8-20-10(2)3)22-16(23)13-12(9-26-15(13)19)14(21-22)17(24)25-18(4,5)6/h7-9H,1,19H2,2-6H3/b11-8+. The van der Waals surface area contributed by atoms with Gasteiger partial charge in [0.15, 0.2) is 5.69 Å². The number of nitrogens with zero attached hydrogens (tertiary/aromatic N) is 3. The van der Waals surface area contributed by atoms with Gasteiger partial charge in [-0.2, -0.15) is 9.78 Å². The highest BCUT2D eigenvalue weighted by molar-refractivity contribution is 7.15. The van der Waals surface area contributed by atoms with Crippen LogP contribution in [0.15, 0.2) is 34.0 Å². The lowest BCUT2D eigenvalue weighted by Crippen LogP contribution is -2.29. The Balaban J connectivity index is 2.79. The first-order valence-electron chi connectivity index (χ1n) is 7.92. The topological polar surface area (TPSA) is 99.6 Å². The molecule has 2 aromatic heterocycles. The minimum Gasteiger partial charge on any atom is -0.455 e. The van der Waals surface area contributed by atoms with Crippen LogP contribution in [0.1, 0.15) is 45.1 Å². The van der Waals surface area contributed by atoms with Gasteiger partial charge in [-0.25, -0.2) is 4.79 Å². The van der Waals surface area contributed by atoms with Crippen molar-refractivity contribution in [2.45, 2.75) is 40.2 Å². The average molecular weight is 374 g/mol. The predicted molar refractivity (Wildman–Crippen MR) is 107 cm³/mol. The van der Waals surface area contributed by atoms with Crippen molar-refractivity contribution in [3.05, 3.63) is 40.3 Å². The lowest BCUT2D eigenvalue weighted by atomic mass is 10.2. The van der Waals surface area contributed by atoms with Crippen molar-refractivity contribution in [3.8, 4) is 0 Å². The van der Waals surface area contributed by atoms with Crippen LogP contribution in [-0.4, -0.2) is 27.1 Å². The van der Waals surface area contributed by atoms with Crippen molar-refractivity contribution in [2.75, 3.05) is 5.73 Å². The number of rotatable bonds is 4. The minimum absolute atomic E-state index is 0.0208. The molecule has 0 aliphatic carbocycles. The number of thiophene rings is 1. The molecular formula is C18H22N4O3S. The lowest BCUT2D eigenvalue weighted by molar-refractivity contribution is 0.00635. The Labute approximate surface area is 155 Å². The third kappa shape index (κ3) is 4.08. The number of nitrogens with two attached hydrogens (primary N) is 1. The third-order valence-corrected chi connectivity index (χ3v) is 3.99. The second kappa shape index (κ2) is 7.25. The predicted octanol–water partition coefficient (Wildman–Crippen LogP) is 3.46. The molecule has 0 saturated carbocycles. The molecule has 0 saturated heterocycles. The molecule has 138 valence electrons. The minimum atomic E-state index is -0.700. The second-order valence-electron chi connectivity index (χ2n) is 6.79. The molecule has 2 heterocycles. The summed E-state index contributed by atoms with van der Waals surface area (Å²) in [5, 5.41) is 6.77. The smallest absolute Gasteiger partial charge is 0.360 e. The fourth-order valence-corrected chi connectivity index (χ4v) is 2.90. The number of ether oxygens (including phenoxy) is 1. The summed E-state index contributed by atoms with van der Waals surface area (Å²) >= 11 is 1.17. The van der Waals surface area contributed by atoms with Gasteiger partial charge in [0.05, 0.1) is 22.3 Å². The molecule has 2 aromatic rings. The number of carbonyl (C=O) groups is 1. The van der Waals surface area contributed by atoms with E-state index < -0.39 is 17.1 Å². The van der Waals surface area contributed by atoms with Gasteiger partial charge in [-0.05, 0) is 40.7 Å². The van der Waals surface area contributed by atoms with Crippen LogP contribution in [-0.2, 0) is 4.74 Å². The first-order valence-corrected chi connectivity index (χ1v) is 8.80. The molecule has 0 atom stereocenters. The Kier molecular flexibility index (Phi) is 5.46. The maximum Gasteiger partial charge on any atom is 0.360 e. The number of carbonyl (C=O) groups excluding carboxylic acids is 1. The van der Waals surface area contributed by atoms with Gasteiger partial charge >= 0.3 is 5.97 Å². The SMILES string of the molecule is C=C/C(=C\N=C(C)C)n1nc(C(=O)OC(C)(C)C)c2csc(N)c2c1=O. The van der Waals surface area contributed by atoms with E-state index in [0.29, 0.717) is 16.1 Å². The number of fused-ring (bicyclic) bond motifs is 1. The van der Waals surface area contributed by atoms with Crippen LogP contribution >= 0.6 is 11.3 Å². The Morgan fingerprint density at radius 2 is 2.08 bits per heavy atom. The molecule has 0 unspecified atom stereocenters. The summed E-state index contributed by atoms with van der Waals surface area (Å²) in [6.07, 6.45) is 2.90. The largest absolute Gasteiger partial charge is 0.455 e. The number of aromatic nitrogens is 2. The summed E-state index contributed by atoms with van der Waals surface area (Å²) in [7, 11) is 0. The van der Waals surface area contributed by atoms with Gasteiger partial charge in [-0.1, -0.05) is 6.58 Å². The first kappa shape index (κ1) is 19.6. The molecule has 0 radical (unpaired) electrons. The third-order valence-electron chi connectivity index (χ3n) is 3.18. The Bertz CT molecular complexity index is 986. The second-order valence-corrected chi connectivity index (χ2v) is 7.70. The number of anilines is 1. The van der Waals surface area contributed by atoms with Crippen molar-refractivity contribution in [1.29, 1.82) is 0 Å². The van der Waals surface area contributed by atoms with Crippen LogP contribution in [0.25, 0.3) is 16.5 Å². The molecule has 26 heavy (non-hydrogen) atoms. The summed E-state index contributed by atoms with van der Waals surface area (Å²) in [6, 6.07) is 0. The van der Waals surface area contributed by atoms with E-state index in [1.54, 1.807) is 26.2 Å². The summed E-state index contributed by atoms with van der Waals surface area (Å²) < 4.78 is 6.50. The van der Waals surface area contributed by atoms with Crippen molar-refractivity contribution in [2.24, 2.45) is 4.99 Å². The van der Waals surface area contributed by atoms with Gasteiger partial charge in [0.2, 0.25) is 0 Å². The van der Waals surface area contributed by atoms with E-state index in [1.165, 1.54) is 23.6 Å². The molecule has 0 aromatic carbocycles. The van der Waals surface area contributed by atoms with Gasteiger partial charge in [-0.15, -0.1) is 11.3 Å². The fraction of sp³-hybridized carbons (Fsp3) is 0.333. The van der Waals surface area contributed by atoms with Crippen LogP contribution in [0, 0.1) is 0 Å². The normalized spacial score (nSPS) is 12.1. The molecule has 0 amide bonds.